The molecule has 1 amide bonds. The summed E-state index contributed by atoms with van der Waals surface area (Å²) in [4.78, 5) is 28.5. The maximum atomic E-state index is 12.5. The Hall–Kier alpha value is -2.35. The number of pyridine rings is 1. The molecule has 7 nitrogen and oxygen atoms in total. The molecule has 3 heterocycles. The summed E-state index contributed by atoms with van der Waals surface area (Å²) in [5.41, 5.74) is 0.993. The molecule has 2 N–H and O–H groups in total. The molecule has 0 spiro atoms. The van der Waals surface area contributed by atoms with Crippen molar-refractivity contribution in [3.05, 3.63) is 41.3 Å². The molecule has 0 radical (unpaired) electrons. The lowest BCUT2D eigenvalue weighted by Gasteiger charge is -2.33. The molecule has 0 atom stereocenters. The Morgan fingerprint density at radius 1 is 1.28 bits per heavy atom. The van der Waals surface area contributed by atoms with Crippen LogP contribution in [0, 0.1) is 13.8 Å². The van der Waals surface area contributed by atoms with Gasteiger partial charge in [0.25, 0.3) is 5.91 Å². The second-order valence-electron chi connectivity index (χ2n) is 6.20. The fraction of sp³-hybridized carbons (Fsp3) is 0.412. The van der Waals surface area contributed by atoms with Gasteiger partial charge in [0, 0.05) is 11.9 Å². The zero-order valence-corrected chi connectivity index (χ0v) is 15.0. The van der Waals surface area contributed by atoms with Gasteiger partial charge in [0.1, 0.15) is 5.54 Å². The third-order valence-corrected chi connectivity index (χ3v) is 5.33. The van der Waals surface area contributed by atoms with E-state index >= 15 is 0 Å². The first-order valence-electron chi connectivity index (χ1n) is 8.05. The van der Waals surface area contributed by atoms with Crippen LogP contribution in [-0.2, 0) is 4.79 Å². The van der Waals surface area contributed by atoms with Gasteiger partial charge in [-0.3, -0.25) is 4.79 Å². The second-order valence-corrected chi connectivity index (χ2v) is 7.42. The Morgan fingerprint density at radius 2 is 2.00 bits per heavy atom. The topological polar surface area (TPSA) is 97.1 Å². The second kappa shape index (κ2) is 6.87. The predicted octanol–water partition coefficient (Wildman–Crippen LogP) is 1.96. The number of carboxylic acid groups (broad SMARTS) is 1. The highest BCUT2D eigenvalue weighted by Gasteiger charge is 2.41. The lowest BCUT2D eigenvalue weighted by atomic mass is 9.92. The minimum Gasteiger partial charge on any atom is -0.480 e. The first-order valence-corrected chi connectivity index (χ1v) is 9.20. The Balaban J connectivity index is 1.78. The largest absolute Gasteiger partial charge is 0.480 e. The number of hydrogen-bond acceptors (Lipinski definition) is 5. The fourth-order valence-corrected chi connectivity index (χ4v) is 4.10. The molecule has 0 unspecified atom stereocenters. The number of carboxylic acids is 1. The van der Waals surface area contributed by atoms with E-state index in [1.807, 2.05) is 19.9 Å². The summed E-state index contributed by atoms with van der Waals surface area (Å²) in [6, 6.07) is 5.29. The number of carbonyl (C=O) groups excluding carboxylic acids is 1. The third kappa shape index (κ3) is 3.53. The van der Waals surface area contributed by atoms with Gasteiger partial charge in [-0.25, -0.2) is 14.5 Å². The first-order chi connectivity index (χ1) is 11.9. The number of carbonyl (C=O) groups is 2. The van der Waals surface area contributed by atoms with Gasteiger partial charge in [0.2, 0.25) is 0 Å². The molecule has 1 aliphatic rings. The first kappa shape index (κ1) is 17.5. The van der Waals surface area contributed by atoms with E-state index in [0.717, 1.165) is 22.9 Å². The zero-order valence-electron chi connectivity index (χ0n) is 14.2. The summed E-state index contributed by atoms with van der Waals surface area (Å²) in [5, 5.41) is 16.6. The standard InChI is InChI=1S/C17H20N4O3S/c1-11-9-12(2)21(20-11)14-4-3-13(10-18-14)15(22)19-17(16(23)24)5-7-25-8-6-17/h3-4,9-10H,5-8H2,1-2H3,(H,19,22)(H,23,24). The summed E-state index contributed by atoms with van der Waals surface area (Å²) < 4.78 is 1.70. The van der Waals surface area contributed by atoms with E-state index in [1.54, 1.807) is 28.6 Å². The zero-order chi connectivity index (χ0) is 18.0. The van der Waals surface area contributed by atoms with Crippen molar-refractivity contribution in [2.45, 2.75) is 32.2 Å². The number of aromatic nitrogens is 3. The smallest absolute Gasteiger partial charge is 0.329 e. The normalized spacial score (nSPS) is 16.4. The average molecular weight is 360 g/mol. The molecule has 2 aromatic heterocycles. The Kier molecular flexibility index (Phi) is 4.80. The monoisotopic (exact) mass is 360 g/mol. The van der Waals surface area contributed by atoms with Crippen LogP contribution < -0.4 is 5.32 Å². The molecule has 8 heteroatoms. The van der Waals surface area contributed by atoms with Gasteiger partial charge in [0.05, 0.1) is 11.3 Å². The van der Waals surface area contributed by atoms with Crippen molar-refractivity contribution in [3.63, 3.8) is 0 Å². The van der Waals surface area contributed by atoms with Crippen molar-refractivity contribution >= 4 is 23.6 Å². The minimum absolute atomic E-state index is 0.337. The number of amides is 1. The van der Waals surface area contributed by atoms with Crippen LogP contribution in [0.1, 0.15) is 34.6 Å². The van der Waals surface area contributed by atoms with E-state index in [0.29, 0.717) is 24.2 Å². The third-order valence-electron chi connectivity index (χ3n) is 4.35. The lowest BCUT2D eigenvalue weighted by Crippen LogP contribution is -2.56. The van der Waals surface area contributed by atoms with Crippen molar-refractivity contribution in [1.82, 2.24) is 20.1 Å². The summed E-state index contributed by atoms with van der Waals surface area (Å²) >= 11 is 1.70. The van der Waals surface area contributed by atoms with Crippen LogP contribution in [0.2, 0.25) is 0 Å². The summed E-state index contributed by atoms with van der Waals surface area (Å²) in [7, 11) is 0. The van der Waals surface area contributed by atoms with Crippen molar-refractivity contribution < 1.29 is 14.7 Å². The van der Waals surface area contributed by atoms with Crippen molar-refractivity contribution in [3.8, 4) is 5.82 Å². The van der Waals surface area contributed by atoms with Crippen LogP contribution in [0.5, 0.6) is 0 Å². The number of aryl methyl sites for hydroxylation is 2. The molecule has 1 aliphatic heterocycles. The predicted molar refractivity (Wildman–Crippen MR) is 95.2 cm³/mol. The maximum absolute atomic E-state index is 12.5. The van der Waals surface area contributed by atoms with Crippen LogP contribution in [-0.4, -0.2) is 48.8 Å². The summed E-state index contributed by atoms with van der Waals surface area (Å²) in [6.07, 6.45) is 2.31. The molecule has 0 bridgehead atoms. The quantitative estimate of drug-likeness (QED) is 0.865. The molecule has 25 heavy (non-hydrogen) atoms. The number of nitrogens with zero attached hydrogens (tertiary/aromatic N) is 3. The van der Waals surface area contributed by atoms with Crippen LogP contribution >= 0.6 is 11.8 Å². The van der Waals surface area contributed by atoms with Gasteiger partial charge >= 0.3 is 5.97 Å². The van der Waals surface area contributed by atoms with E-state index < -0.39 is 17.4 Å². The highest BCUT2D eigenvalue weighted by molar-refractivity contribution is 7.99. The number of thioether (sulfide) groups is 1. The van der Waals surface area contributed by atoms with Crippen LogP contribution in [0.25, 0.3) is 5.82 Å². The molecule has 3 rings (SSSR count). The maximum Gasteiger partial charge on any atom is 0.329 e. The van der Waals surface area contributed by atoms with Gasteiger partial charge < -0.3 is 10.4 Å². The highest BCUT2D eigenvalue weighted by atomic mass is 32.2. The molecule has 1 fully saturated rings. The molecular weight excluding hydrogens is 340 g/mol. The molecular formula is C17H20N4O3S. The number of nitrogens with one attached hydrogen (secondary N) is 1. The van der Waals surface area contributed by atoms with E-state index in [-0.39, 0.29) is 0 Å². The number of aliphatic carboxylic acids is 1. The summed E-state index contributed by atoms with van der Waals surface area (Å²) in [6.45, 7) is 3.83. The van der Waals surface area contributed by atoms with Crippen molar-refractivity contribution in [2.75, 3.05) is 11.5 Å². The van der Waals surface area contributed by atoms with Gasteiger partial charge in [-0.1, -0.05) is 0 Å². The fourth-order valence-electron chi connectivity index (χ4n) is 2.91. The Bertz CT molecular complexity index is 795. The lowest BCUT2D eigenvalue weighted by molar-refractivity contribution is -0.144. The van der Waals surface area contributed by atoms with Crippen molar-refractivity contribution in [2.24, 2.45) is 0 Å². The van der Waals surface area contributed by atoms with E-state index in [1.165, 1.54) is 6.20 Å². The van der Waals surface area contributed by atoms with Gasteiger partial charge in [-0.15, -0.1) is 0 Å². The van der Waals surface area contributed by atoms with Gasteiger partial charge in [-0.2, -0.15) is 16.9 Å². The van der Waals surface area contributed by atoms with E-state index in [9.17, 15) is 14.7 Å². The molecule has 0 aliphatic carbocycles. The number of rotatable bonds is 4. The number of hydrogen-bond donors (Lipinski definition) is 2. The molecule has 132 valence electrons. The van der Waals surface area contributed by atoms with E-state index in [4.69, 9.17) is 0 Å². The Morgan fingerprint density at radius 3 is 2.52 bits per heavy atom. The van der Waals surface area contributed by atoms with Gasteiger partial charge in [-0.05, 0) is 56.4 Å². The molecule has 2 aromatic rings. The SMILES string of the molecule is Cc1cc(C)n(-c2ccc(C(=O)NC3(C(=O)O)CCSCC3)cn2)n1. The van der Waals surface area contributed by atoms with Crippen LogP contribution in [0.3, 0.4) is 0 Å². The molecule has 1 saturated heterocycles. The van der Waals surface area contributed by atoms with Crippen LogP contribution in [0.15, 0.2) is 24.4 Å². The van der Waals surface area contributed by atoms with E-state index in [2.05, 4.69) is 15.4 Å². The van der Waals surface area contributed by atoms with Gasteiger partial charge in [0.15, 0.2) is 5.82 Å². The highest BCUT2D eigenvalue weighted by Crippen LogP contribution is 2.27. The summed E-state index contributed by atoms with van der Waals surface area (Å²) in [5.74, 6) is 0.669. The molecule has 0 aromatic carbocycles. The van der Waals surface area contributed by atoms with Crippen molar-refractivity contribution in [1.29, 1.82) is 0 Å². The average Bonchev–Trinajstić information content (AvgIpc) is 2.94. The minimum atomic E-state index is -1.18. The Labute approximate surface area is 149 Å². The molecule has 0 saturated carbocycles. The van der Waals surface area contributed by atoms with Crippen LogP contribution in [0.4, 0.5) is 0 Å².